The smallest absolute Gasteiger partial charge is 0.744 e. The quantitative estimate of drug-likeness (QED) is 0.273. The SMILES string of the molecule is O=[N+]([O-])c1cc(S(=O)(=O)[O-])ccc1Cl.[K+]. The molecule has 0 bridgehead atoms. The van der Waals surface area contributed by atoms with E-state index in [4.69, 9.17) is 11.6 Å². The summed E-state index contributed by atoms with van der Waals surface area (Å²) in [7, 11) is -4.69. The fraction of sp³-hybridized carbons (Fsp3) is 0. The Hall–Kier alpha value is 0.456. The second-order valence-corrected chi connectivity index (χ2v) is 4.11. The van der Waals surface area contributed by atoms with Crippen LogP contribution in [-0.2, 0) is 10.1 Å². The van der Waals surface area contributed by atoms with Crippen molar-refractivity contribution >= 4 is 27.4 Å². The second-order valence-electron chi connectivity index (χ2n) is 2.32. The summed E-state index contributed by atoms with van der Waals surface area (Å²) in [5, 5.41) is 10.1. The van der Waals surface area contributed by atoms with Crippen LogP contribution in [0.2, 0.25) is 5.02 Å². The maximum atomic E-state index is 10.5. The van der Waals surface area contributed by atoms with Crippen molar-refractivity contribution in [3.63, 3.8) is 0 Å². The number of nitrogens with zero attached hydrogens (tertiary/aromatic N) is 1. The summed E-state index contributed by atoms with van der Waals surface area (Å²) in [4.78, 5) is 8.79. The Morgan fingerprint density at radius 1 is 1.33 bits per heavy atom. The molecule has 0 aliphatic carbocycles. The van der Waals surface area contributed by atoms with Crippen molar-refractivity contribution in [2.24, 2.45) is 0 Å². The van der Waals surface area contributed by atoms with Gasteiger partial charge in [0.2, 0.25) is 0 Å². The molecule has 0 radical (unpaired) electrons. The molecule has 0 saturated heterocycles. The van der Waals surface area contributed by atoms with E-state index in [9.17, 15) is 23.1 Å². The monoisotopic (exact) mass is 275 g/mol. The van der Waals surface area contributed by atoms with E-state index in [1.165, 1.54) is 0 Å². The standard InChI is InChI=1S/C6H4ClNO5S.K/c7-5-2-1-4(14(11,12)13)3-6(5)8(9)10;/h1-3H,(H,11,12,13);/q;+1/p-1. The predicted octanol–water partition coefficient (Wildman–Crippen LogP) is -1.84. The second kappa shape index (κ2) is 5.69. The van der Waals surface area contributed by atoms with Gasteiger partial charge >= 0.3 is 51.4 Å². The molecule has 0 aromatic heterocycles. The third-order valence-electron chi connectivity index (χ3n) is 1.40. The Kier molecular flexibility index (Phi) is 5.86. The van der Waals surface area contributed by atoms with Crippen LogP contribution in [-0.4, -0.2) is 17.9 Å². The molecular weight excluding hydrogens is 273 g/mol. The number of halogens is 1. The van der Waals surface area contributed by atoms with E-state index in [1.807, 2.05) is 0 Å². The van der Waals surface area contributed by atoms with Gasteiger partial charge in [0.15, 0.2) is 0 Å². The largest absolute Gasteiger partial charge is 1.00 e. The third kappa shape index (κ3) is 4.08. The van der Waals surface area contributed by atoms with Gasteiger partial charge in [0, 0.05) is 6.07 Å². The van der Waals surface area contributed by atoms with Crippen LogP contribution >= 0.6 is 11.6 Å². The van der Waals surface area contributed by atoms with E-state index in [1.54, 1.807) is 0 Å². The molecule has 0 N–H and O–H groups in total. The van der Waals surface area contributed by atoms with Gasteiger partial charge in [0.1, 0.15) is 15.1 Å². The van der Waals surface area contributed by atoms with Crippen LogP contribution in [0.4, 0.5) is 5.69 Å². The molecule has 76 valence electrons. The van der Waals surface area contributed by atoms with Crippen LogP contribution < -0.4 is 51.4 Å². The van der Waals surface area contributed by atoms with E-state index in [2.05, 4.69) is 0 Å². The van der Waals surface area contributed by atoms with Crippen molar-refractivity contribution in [2.45, 2.75) is 4.90 Å². The first kappa shape index (κ1) is 15.5. The van der Waals surface area contributed by atoms with Gasteiger partial charge in [-0.05, 0) is 12.1 Å². The van der Waals surface area contributed by atoms with Crippen molar-refractivity contribution in [1.82, 2.24) is 0 Å². The molecule has 0 unspecified atom stereocenters. The molecule has 1 aromatic carbocycles. The van der Waals surface area contributed by atoms with Crippen molar-refractivity contribution in [3.8, 4) is 0 Å². The first-order valence-corrected chi connectivity index (χ1v) is 5.01. The van der Waals surface area contributed by atoms with Gasteiger partial charge in [-0.25, -0.2) is 8.42 Å². The predicted molar refractivity (Wildman–Crippen MR) is 46.1 cm³/mol. The molecule has 15 heavy (non-hydrogen) atoms. The summed E-state index contributed by atoms with van der Waals surface area (Å²) in [5.74, 6) is 0. The topological polar surface area (TPSA) is 100 Å². The average molecular weight is 276 g/mol. The Morgan fingerprint density at radius 3 is 2.27 bits per heavy atom. The van der Waals surface area contributed by atoms with E-state index < -0.39 is 25.6 Å². The minimum Gasteiger partial charge on any atom is -0.744 e. The molecule has 0 aliphatic heterocycles. The number of nitro benzene ring substituents is 1. The van der Waals surface area contributed by atoms with Gasteiger partial charge in [-0.3, -0.25) is 10.1 Å². The molecule has 1 aromatic rings. The minimum atomic E-state index is -4.69. The zero-order valence-corrected chi connectivity index (χ0v) is 12.2. The van der Waals surface area contributed by atoms with Crippen LogP contribution in [0.3, 0.4) is 0 Å². The van der Waals surface area contributed by atoms with Gasteiger partial charge in [-0.15, -0.1) is 0 Å². The van der Waals surface area contributed by atoms with Crippen LogP contribution in [0.25, 0.3) is 0 Å². The van der Waals surface area contributed by atoms with E-state index in [0.717, 1.165) is 12.1 Å². The zero-order valence-electron chi connectivity index (χ0n) is 7.51. The van der Waals surface area contributed by atoms with Crippen molar-refractivity contribution in [1.29, 1.82) is 0 Å². The van der Waals surface area contributed by atoms with Gasteiger partial charge < -0.3 is 4.55 Å². The molecule has 0 atom stereocenters. The van der Waals surface area contributed by atoms with Crippen LogP contribution in [0.5, 0.6) is 0 Å². The van der Waals surface area contributed by atoms with Gasteiger partial charge in [0.25, 0.3) is 5.69 Å². The maximum Gasteiger partial charge on any atom is 1.00 e. The van der Waals surface area contributed by atoms with E-state index in [-0.39, 0.29) is 56.4 Å². The minimum absolute atomic E-state index is 0. The number of nitro groups is 1. The van der Waals surface area contributed by atoms with Crippen molar-refractivity contribution in [2.75, 3.05) is 0 Å². The van der Waals surface area contributed by atoms with Crippen molar-refractivity contribution in [3.05, 3.63) is 33.3 Å². The summed E-state index contributed by atoms with van der Waals surface area (Å²) in [6.45, 7) is 0. The van der Waals surface area contributed by atoms with E-state index in [0.29, 0.717) is 6.07 Å². The normalized spacial score (nSPS) is 10.5. The number of hydrogen-bond donors (Lipinski definition) is 0. The Morgan fingerprint density at radius 2 is 1.87 bits per heavy atom. The molecule has 0 saturated carbocycles. The Labute approximate surface area is 133 Å². The first-order chi connectivity index (χ1) is 6.32. The fourth-order valence-electron chi connectivity index (χ4n) is 0.788. The molecule has 6 nitrogen and oxygen atoms in total. The molecule has 0 fully saturated rings. The fourth-order valence-corrected chi connectivity index (χ4v) is 1.47. The molecule has 9 heteroatoms. The average Bonchev–Trinajstić information content (AvgIpc) is 2.02. The van der Waals surface area contributed by atoms with E-state index >= 15 is 0 Å². The zero-order chi connectivity index (χ0) is 10.9. The molecule has 0 heterocycles. The van der Waals surface area contributed by atoms with Gasteiger partial charge in [0.05, 0.1) is 9.82 Å². The summed E-state index contributed by atoms with van der Waals surface area (Å²) < 4.78 is 31.5. The molecule has 0 aliphatic rings. The van der Waals surface area contributed by atoms with Crippen LogP contribution in [0.15, 0.2) is 23.1 Å². The summed E-state index contributed by atoms with van der Waals surface area (Å²) in [6.07, 6.45) is 0. The van der Waals surface area contributed by atoms with Crippen molar-refractivity contribution < 1.29 is 69.3 Å². The van der Waals surface area contributed by atoms with Gasteiger partial charge in [-0.1, -0.05) is 11.6 Å². The third-order valence-corrected chi connectivity index (χ3v) is 2.55. The first-order valence-electron chi connectivity index (χ1n) is 3.22. The Bertz CT molecular complexity index is 488. The molecular formula is C6H3ClKNO5S. The summed E-state index contributed by atoms with van der Waals surface area (Å²) >= 11 is 5.40. The van der Waals surface area contributed by atoms with Crippen LogP contribution in [0, 0.1) is 10.1 Å². The number of rotatable bonds is 2. The maximum absolute atomic E-state index is 10.5. The summed E-state index contributed by atoms with van der Waals surface area (Å²) in [5.41, 5.74) is -0.608. The Balaban J connectivity index is 0.00000196. The number of benzene rings is 1. The molecule has 0 spiro atoms. The molecule has 1 rings (SSSR count). The molecule has 0 amide bonds. The summed E-state index contributed by atoms with van der Waals surface area (Å²) in [6, 6.07) is 2.53. The van der Waals surface area contributed by atoms with Gasteiger partial charge in [-0.2, -0.15) is 0 Å². The number of hydrogen-bond acceptors (Lipinski definition) is 5. The van der Waals surface area contributed by atoms with Crippen LogP contribution in [0.1, 0.15) is 0 Å².